The minimum Gasteiger partial charge on any atom is -0.508 e. The third-order valence-corrected chi connectivity index (χ3v) is 9.46. The topological polar surface area (TPSA) is 127 Å². The van der Waals surface area contributed by atoms with Crippen molar-refractivity contribution in [3.05, 3.63) is 97.1 Å². The Labute approximate surface area is 227 Å². The quantitative estimate of drug-likeness (QED) is 0.219. The highest BCUT2D eigenvalue weighted by Gasteiger charge is 2.20. The molecule has 0 amide bonds. The van der Waals surface area contributed by atoms with Gasteiger partial charge in [-0.2, -0.15) is 0 Å². The zero-order valence-corrected chi connectivity index (χ0v) is 22.7. The van der Waals surface area contributed by atoms with Gasteiger partial charge in [0, 0.05) is 6.42 Å². The van der Waals surface area contributed by atoms with Crippen molar-refractivity contribution in [3.8, 4) is 23.0 Å². The average molecular weight is 569 g/mol. The van der Waals surface area contributed by atoms with Crippen LogP contribution >= 0.6 is 0 Å². The Hall–Kier alpha value is -4.02. The number of ether oxygens (including phenoxy) is 2. The highest BCUT2D eigenvalue weighted by atomic mass is 32.2. The molecule has 10 heteroatoms. The largest absolute Gasteiger partial charge is 0.508 e. The van der Waals surface area contributed by atoms with Gasteiger partial charge < -0.3 is 19.7 Å². The fourth-order valence-corrected chi connectivity index (χ4v) is 6.26. The highest BCUT2D eigenvalue weighted by molar-refractivity contribution is 7.91. The van der Waals surface area contributed by atoms with E-state index in [4.69, 9.17) is 9.47 Å². The Morgan fingerprint density at radius 1 is 0.564 bits per heavy atom. The molecule has 0 saturated heterocycles. The van der Waals surface area contributed by atoms with Crippen molar-refractivity contribution in [2.24, 2.45) is 0 Å². The SMILES string of the molecule is CCCCC(Oc1ccc(S(=O)(=O)c2ccc(O)cc2)cc1)Oc1ccc(S(=O)(=O)c2ccc(O)cc2)cc1. The van der Waals surface area contributed by atoms with Gasteiger partial charge in [0.1, 0.15) is 23.0 Å². The smallest absolute Gasteiger partial charge is 0.241 e. The van der Waals surface area contributed by atoms with E-state index in [1.165, 1.54) is 72.8 Å². The Morgan fingerprint density at radius 2 is 0.872 bits per heavy atom. The molecule has 0 saturated carbocycles. The minimum atomic E-state index is -3.76. The van der Waals surface area contributed by atoms with Crippen LogP contribution in [0.25, 0.3) is 0 Å². The first-order valence-corrected chi connectivity index (χ1v) is 15.2. The van der Waals surface area contributed by atoms with E-state index in [1.807, 2.05) is 6.92 Å². The molecule has 4 rings (SSSR count). The molecule has 0 atom stereocenters. The van der Waals surface area contributed by atoms with E-state index in [1.54, 1.807) is 24.3 Å². The number of unbranched alkanes of at least 4 members (excludes halogenated alkanes) is 1. The lowest BCUT2D eigenvalue weighted by Gasteiger charge is -2.21. The predicted octanol–water partition coefficient (Wildman–Crippen LogP) is 5.74. The molecule has 0 heterocycles. The summed E-state index contributed by atoms with van der Waals surface area (Å²) in [5.74, 6) is 0.772. The molecule has 8 nitrogen and oxygen atoms in total. The summed E-state index contributed by atoms with van der Waals surface area (Å²) < 4.78 is 63.4. The normalized spacial score (nSPS) is 11.8. The first kappa shape index (κ1) is 28.0. The number of benzene rings is 4. The zero-order valence-electron chi connectivity index (χ0n) is 21.1. The molecule has 204 valence electrons. The van der Waals surface area contributed by atoms with Gasteiger partial charge in [-0.25, -0.2) is 16.8 Å². The Balaban J connectivity index is 1.47. The maximum Gasteiger partial charge on any atom is 0.241 e. The van der Waals surface area contributed by atoms with Crippen LogP contribution in [0.5, 0.6) is 23.0 Å². The molecular weight excluding hydrogens is 540 g/mol. The lowest BCUT2D eigenvalue weighted by atomic mass is 10.2. The van der Waals surface area contributed by atoms with Crippen LogP contribution in [-0.2, 0) is 19.7 Å². The molecule has 2 N–H and O–H groups in total. The Morgan fingerprint density at radius 3 is 1.18 bits per heavy atom. The van der Waals surface area contributed by atoms with Crippen molar-refractivity contribution in [1.29, 1.82) is 0 Å². The van der Waals surface area contributed by atoms with Crippen LogP contribution in [0.4, 0.5) is 0 Å². The highest BCUT2D eigenvalue weighted by Crippen LogP contribution is 2.28. The van der Waals surface area contributed by atoms with E-state index in [-0.39, 0.29) is 31.1 Å². The zero-order chi connectivity index (χ0) is 28.0. The first-order valence-electron chi connectivity index (χ1n) is 12.2. The van der Waals surface area contributed by atoms with E-state index < -0.39 is 26.0 Å². The van der Waals surface area contributed by atoms with Crippen molar-refractivity contribution < 1.29 is 36.5 Å². The Bertz CT molecular complexity index is 1470. The van der Waals surface area contributed by atoms with Gasteiger partial charge in [-0.15, -0.1) is 0 Å². The van der Waals surface area contributed by atoms with Crippen LogP contribution in [0.2, 0.25) is 0 Å². The number of rotatable bonds is 11. The van der Waals surface area contributed by atoms with E-state index >= 15 is 0 Å². The predicted molar refractivity (Wildman–Crippen MR) is 145 cm³/mol. The van der Waals surface area contributed by atoms with Crippen LogP contribution in [-0.4, -0.2) is 33.3 Å². The van der Waals surface area contributed by atoms with Gasteiger partial charge in [-0.05, 0) is 103 Å². The molecule has 0 spiro atoms. The number of hydrogen-bond acceptors (Lipinski definition) is 8. The number of aromatic hydroxyl groups is 2. The van der Waals surface area contributed by atoms with Crippen molar-refractivity contribution in [2.45, 2.75) is 52.1 Å². The lowest BCUT2D eigenvalue weighted by molar-refractivity contribution is -0.00218. The second-order valence-electron chi connectivity index (χ2n) is 8.74. The summed E-state index contributed by atoms with van der Waals surface area (Å²) in [7, 11) is -7.52. The molecule has 0 aromatic heterocycles. The maximum atomic E-state index is 12.9. The van der Waals surface area contributed by atoms with Crippen molar-refractivity contribution >= 4 is 19.7 Å². The van der Waals surface area contributed by atoms with Crippen LogP contribution in [0.3, 0.4) is 0 Å². The first-order chi connectivity index (χ1) is 18.6. The van der Waals surface area contributed by atoms with Crippen LogP contribution in [0.1, 0.15) is 26.2 Å². The third kappa shape index (κ3) is 6.71. The number of phenolic OH excluding ortho intramolecular Hbond substituents is 2. The van der Waals surface area contributed by atoms with Gasteiger partial charge >= 0.3 is 0 Å². The Kier molecular flexibility index (Phi) is 8.47. The number of sulfone groups is 2. The van der Waals surface area contributed by atoms with E-state index in [0.29, 0.717) is 17.9 Å². The molecule has 0 bridgehead atoms. The summed E-state index contributed by atoms with van der Waals surface area (Å²) in [4.78, 5) is 0.289. The maximum absolute atomic E-state index is 12.9. The molecule has 39 heavy (non-hydrogen) atoms. The number of hydrogen-bond donors (Lipinski definition) is 2. The van der Waals surface area contributed by atoms with E-state index in [2.05, 4.69) is 0 Å². The average Bonchev–Trinajstić information content (AvgIpc) is 2.93. The lowest BCUT2D eigenvalue weighted by Crippen LogP contribution is -2.24. The molecule has 0 fully saturated rings. The number of phenols is 2. The minimum absolute atomic E-state index is 0.0237. The third-order valence-electron chi connectivity index (χ3n) is 5.89. The van der Waals surface area contributed by atoms with Crippen molar-refractivity contribution in [3.63, 3.8) is 0 Å². The van der Waals surface area contributed by atoms with Crippen LogP contribution < -0.4 is 9.47 Å². The summed E-state index contributed by atoms with van der Waals surface area (Å²) >= 11 is 0. The fraction of sp³-hybridized carbons (Fsp3) is 0.172. The molecule has 0 unspecified atom stereocenters. The molecular formula is C29H28O8S2. The second kappa shape index (κ2) is 11.8. The molecule has 0 aliphatic rings. The second-order valence-corrected chi connectivity index (χ2v) is 12.6. The van der Waals surface area contributed by atoms with E-state index in [9.17, 15) is 27.0 Å². The van der Waals surface area contributed by atoms with Gasteiger partial charge in [0.2, 0.25) is 26.0 Å². The summed E-state index contributed by atoms with van der Waals surface area (Å²) in [6.07, 6.45) is 1.57. The van der Waals surface area contributed by atoms with Gasteiger partial charge in [0.05, 0.1) is 19.6 Å². The monoisotopic (exact) mass is 568 g/mol. The molecule has 0 radical (unpaired) electrons. The standard InChI is InChI=1S/C29H28O8S2/c1-2-3-4-29(36-23-9-17-27(18-10-23)38(32,33)25-13-5-21(30)6-14-25)37-24-11-19-28(20-12-24)39(34,35)26-15-7-22(31)8-16-26/h5-20,29-31H,2-4H2,1H3. The van der Waals surface area contributed by atoms with Crippen LogP contribution in [0, 0.1) is 0 Å². The molecule has 4 aromatic rings. The fourth-order valence-electron chi connectivity index (χ4n) is 3.73. The molecule has 0 aliphatic carbocycles. The van der Waals surface area contributed by atoms with Crippen molar-refractivity contribution in [2.75, 3.05) is 0 Å². The summed E-state index contributed by atoms with van der Waals surface area (Å²) in [5, 5.41) is 18.9. The summed E-state index contributed by atoms with van der Waals surface area (Å²) in [6, 6.07) is 22.6. The summed E-state index contributed by atoms with van der Waals surface area (Å²) in [5.41, 5.74) is 0. The van der Waals surface area contributed by atoms with Gasteiger partial charge in [-0.1, -0.05) is 13.3 Å². The van der Waals surface area contributed by atoms with Gasteiger partial charge in [0.25, 0.3) is 0 Å². The van der Waals surface area contributed by atoms with Gasteiger partial charge in [-0.3, -0.25) is 0 Å². The summed E-state index contributed by atoms with van der Waals surface area (Å²) in [6.45, 7) is 2.03. The molecule has 0 aliphatic heterocycles. The van der Waals surface area contributed by atoms with E-state index in [0.717, 1.165) is 12.8 Å². The van der Waals surface area contributed by atoms with Crippen molar-refractivity contribution in [1.82, 2.24) is 0 Å². The van der Waals surface area contributed by atoms with Crippen LogP contribution in [0.15, 0.2) is 117 Å². The molecule has 4 aromatic carbocycles. The van der Waals surface area contributed by atoms with Gasteiger partial charge in [0.15, 0.2) is 0 Å².